The molecule has 0 aliphatic rings. The molecule has 3 heteroatoms. The van der Waals surface area contributed by atoms with E-state index in [-0.39, 0.29) is 6.03 Å². The van der Waals surface area contributed by atoms with E-state index in [4.69, 9.17) is 5.73 Å². The third-order valence-corrected chi connectivity index (χ3v) is 3.62. The van der Waals surface area contributed by atoms with E-state index in [1.165, 1.54) is 51.4 Å². The first-order valence-corrected chi connectivity index (χ1v) is 8.26. The van der Waals surface area contributed by atoms with Crippen LogP contribution in [0.4, 0.5) is 4.79 Å². The molecule has 0 aliphatic heterocycles. The average molecular weight is 270 g/mol. The lowest BCUT2D eigenvalue weighted by atomic mass is 10.1. The Kier molecular flexibility index (Phi) is 13.2. The van der Waals surface area contributed by atoms with Gasteiger partial charge in [0.1, 0.15) is 0 Å². The minimum atomic E-state index is -0.256. The molecule has 2 N–H and O–H groups in total. The van der Waals surface area contributed by atoms with Crippen LogP contribution in [0.15, 0.2) is 0 Å². The Labute approximate surface area is 119 Å². The number of hydrogen-bond donors (Lipinski definition) is 1. The van der Waals surface area contributed by atoms with Gasteiger partial charge < -0.3 is 10.6 Å². The summed E-state index contributed by atoms with van der Waals surface area (Å²) in [7, 11) is 0. The molecule has 0 fully saturated rings. The molecular weight excluding hydrogens is 236 g/mol. The zero-order valence-corrected chi connectivity index (χ0v) is 13.1. The van der Waals surface area contributed by atoms with Crippen molar-refractivity contribution in [2.75, 3.05) is 13.1 Å². The van der Waals surface area contributed by atoms with E-state index in [1.54, 1.807) is 4.90 Å². The van der Waals surface area contributed by atoms with E-state index >= 15 is 0 Å². The van der Waals surface area contributed by atoms with Crippen LogP contribution in [-0.2, 0) is 0 Å². The van der Waals surface area contributed by atoms with Gasteiger partial charge in [-0.2, -0.15) is 0 Å². The van der Waals surface area contributed by atoms with E-state index in [9.17, 15) is 4.79 Å². The normalized spacial score (nSPS) is 10.6. The van der Waals surface area contributed by atoms with Crippen molar-refractivity contribution in [1.29, 1.82) is 0 Å². The summed E-state index contributed by atoms with van der Waals surface area (Å²) in [6.07, 6.45) is 14.0. The minimum absolute atomic E-state index is 0.256. The summed E-state index contributed by atoms with van der Waals surface area (Å²) < 4.78 is 0. The maximum absolute atomic E-state index is 11.2. The van der Waals surface area contributed by atoms with Crippen LogP contribution in [-0.4, -0.2) is 24.0 Å². The molecule has 0 rings (SSSR count). The summed E-state index contributed by atoms with van der Waals surface area (Å²) in [4.78, 5) is 13.0. The monoisotopic (exact) mass is 270 g/mol. The molecule has 19 heavy (non-hydrogen) atoms. The van der Waals surface area contributed by atoms with Gasteiger partial charge in [-0.05, 0) is 12.8 Å². The molecule has 3 nitrogen and oxygen atoms in total. The van der Waals surface area contributed by atoms with Gasteiger partial charge in [-0.3, -0.25) is 0 Å². The number of nitrogens with zero attached hydrogens (tertiary/aromatic N) is 1. The Morgan fingerprint density at radius 1 is 0.737 bits per heavy atom. The van der Waals surface area contributed by atoms with Crippen LogP contribution in [0.2, 0.25) is 0 Å². The quantitative estimate of drug-likeness (QED) is 0.484. The van der Waals surface area contributed by atoms with Crippen molar-refractivity contribution < 1.29 is 4.79 Å². The fourth-order valence-corrected chi connectivity index (χ4v) is 2.29. The predicted molar refractivity (Wildman–Crippen MR) is 83.3 cm³/mol. The molecule has 0 aromatic carbocycles. The van der Waals surface area contributed by atoms with Crippen LogP contribution in [0.3, 0.4) is 0 Å². The topological polar surface area (TPSA) is 46.3 Å². The molecule has 0 aromatic heterocycles. The number of unbranched alkanes of at least 4 members (excludes halogenated alkanes) is 9. The van der Waals surface area contributed by atoms with E-state index < -0.39 is 0 Å². The first-order valence-electron chi connectivity index (χ1n) is 8.26. The SMILES string of the molecule is CCCCCCCCCCCN(CCCC)C(N)=O. The Hall–Kier alpha value is -0.730. The number of primary amides is 1. The van der Waals surface area contributed by atoms with Crippen molar-refractivity contribution in [2.45, 2.75) is 84.5 Å². The molecule has 0 unspecified atom stereocenters. The average Bonchev–Trinajstić information content (AvgIpc) is 2.39. The molecule has 0 saturated carbocycles. The summed E-state index contributed by atoms with van der Waals surface area (Å²) in [6.45, 7) is 6.05. The van der Waals surface area contributed by atoms with Gasteiger partial charge >= 0.3 is 6.03 Å². The second-order valence-corrected chi connectivity index (χ2v) is 5.51. The lowest BCUT2D eigenvalue weighted by Gasteiger charge is -2.19. The van der Waals surface area contributed by atoms with Crippen LogP contribution in [0, 0.1) is 0 Å². The molecular formula is C16H34N2O. The number of carbonyl (C=O) groups excluding carboxylic acids is 1. The maximum atomic E-state index is 11.2. The van der Waals surface area contributed by atoms with Crippen LogP contribution >= 0.6 is 0 Å². The van der Waals surface area contributed by atoms with Crippen molar-refractivity contribution in [2.24, 2.45) is 5.73 Å². The molecule has 0 heterocycles. The van der Waals surface area contributed by atoms with Crippen LogP contribution in [0.1, 0.15) is 84.5 Å². The highest BCUT2D eigenvalue weighted by Gasteiger charge is 2.07. The van der Waals surface area contributed by atoms with Gasteiger partial charge in [0.15, 0.2) is 0 Å². The van der Waals surface area contributed by atoms with E-state index in [2.05, 4.69) is 13.8 Å². The summed E-state index contributed by atoms with van der Waals surface area (Å²) in [5.74, 6) is 0. The highest BCUT2D eigenvalue weighted by molar-refractivity contribution is 5.71. The molecule has 0 aliphatic carbocycles. The van der Waals surface area contributed by atoms with E-state index in [0.29, 0.717) is 0 Å². The lowest BCUT2D eigenvalue weighted by Crippen LogP contribution is -2.37. The van der Waals surface area contributed by atoms with Crippen molar-refractivity contribution in [3.63, 3.8) is 0 Å². The summed E-state index contributed by atoms with van der Waals surface area (Å²) in [5, 5.41) is 0. The Bertz CT molecular complexity index is 207. The summed E-state index contributed by atoms with van der Waals surface area (Å²) in [6, 6.07) is -0.256. The first-order chi connectivity index (χ1) is 9.22. The van der Waals surface area contributed by atoms with Crippen molar-refractivity contribution >= 4 is 6.03 Å². The number of rotatable bonds is 13. The number of carbonyl (C=O) groups is 1. The molecule has 114 valence electrons. The first kappa shape index (κ1) is 18.3. The van der Waals surface area contributed by atoms with E-state index in [0.717, 1.165) is 32.4 Å². The number of hydrogen-bond acceptors (Lipinski definition) is 1. The molecule has 0 aromatic rings. The number of urea groups is 1. The van der Waals surface area contributed by atoms with E-state index in [1.807, 2.05) is 0 Å². The largest absolute Gasteiger partial charge is 0.351 e. The molecule has 0 radical (unpaired) electrons. The van der Waals surface area contributed by atoms with Gasteiger partial charge in [-0.1, -0.05) is 71.6 Å². The highest BCUT2D eigenvalue weighted by atomic mass is 16.2. The van der Waals surface area contributed by atoms with Gasteiger partial charge in [0, 0.05) is 13.1 Å². The predicted octanol–water partition coefficient (Wildman–Crippen LogP) is 4.70. The van der Waals surface area contributed by atoms with Gasteiger partial charge in [-0.15, -0.1) is 0 Å². The second kappa shape index (κ2) is 13.7. The molecule has 0 bridgehead atoms. The molecule has 2 amide bonds. The third kappa shape index (κ3) is 12.1. The van der Waals surface area contributed by atoms with Gasteiger partial charge in [-0.25, -0.2) is 4.79 Å². The number of nitrogens with two attached hydrogens (primary N) is 1. The van der Waals surface area contributed by atoms with Crippen molar-refractivity contribution in [1.82, 2.24) is 4.90 Å². The Morgan fingerprint density at radius 2 is 1.16 bits per heavy atom. The van der Waals surface area contributed by atoms with Crippen LogP contribution < -0.4 is 5.73 Å². The zero-order valence-electron chi connectivity index (χ0n) is 13.1. The van der Waals surface area contributed by atoms with Gasteiger partial charge in [0.05, 0.1) is 0 Å². The minimum Gasteiger partial charge on any atom is -0.351 e. The second-order valence-electron chi connectivity index (χ2n) is 5.51. The summed E-state index contributed by atoms with van der Waals surface area (Å²) >= 11 is 0. The smallest absolute Gasteiger partial charge is 0.314 e. The fraction of sp³-hybridized carbons (Fsp3) is 0.938. The Balaban J connectivity index is 3.37. The standard InChI is InChI=1S/C16H34N2O/c1-3-5-7-8-9-10-11-12-13-15-18(16(17)19)14-6-4-2/h3-15H2,1-2H3,(H2,17,19). The highest BCUT2D eigenvalue weighted by Crippen LogP contribution is 2.10. The van der Waals surface area contributed by atoms with Crippen LogP contribution in [0.25, 0.3) is 0 Å². The van der Waals surface area contributed by atoms with Gasteiger partial charge in [0.25, 0.3) is 0 Å². The summed E-state index contributed by atoms with van der Waals surface area (Å²) in [5.41, 5.74) is 5.37. The van der Waals surface area contributed by atoms with Crippen LogP contribution in [0.5, 0.6) is 0 Å². The molecule has 0 atom stereocenters. The van der Waals surface area contributed by atoms with Crippen molar-refractivity contribution in [3.05, 3.63) is 0 Å². The molecule has 0 saturated heterocycles. The lowest BCUT2D eigenvalue weighted by molar-refractivity contribution is 0.205. The Morgan fingerprint density at radius 3 is 1.63 bits per heavy atom. The van der Waals surface area contributed by atoms with Gasteiger partial charge in [0.2, 0.25) is 0 Å². The maximum Gasteiger partial charge on any atom is 0.314 e. The number of amides is 2. The van der Waals surface area contributed by atoms with Crippen molar-refractivity contribution in [3.8, 4) is 0 Å². The third-order valence-electron chi connectivity index (χ3n) is 3.62. The zero-order chi connectivity index (χ0) is 14.3. The molecule has 0 spiro atoms. The fourth-order valence-electron chi connectivity index (χ4n) is 2.29.